The van der Waals surface area contributed by atoms with Crippen molar-refractivity contribution in [3.8, 4) is 5.75 Å². The van der Waals surface area contributed by atoms with E-state index in [1.165, 1.54) is 18.4 Å². The molecule has 1 aliphatic carbocycles. The summed E-state index contributed by atoms with van der Waals surface area (Å²) in [7, 11) is 1.72. The number of aliphatic hydroxyl groups is 1. The maximum absolute atomic E-state index is 10.1. The molecule has 1 saturated carbocycles. The number of hydrogen-bond donors (Lipinski definition) is 1. The smallest absolute Gasteiger partial charge is 0.125 e. The van der Waals surface area contributed by atoms with E-state index in [0.29, 0.717) is 5.92 Å². The number of hydrogen-bond acceptors (Lipinski definition) is 3. The third-order valence-electron chi connectivity index (χ3n) is 4.37. The highest BCUT2D eigenvalue weighted by Crippen LogP contribution is 2.31. The molecule has 0 saturated heterocycles. The first-order valence-electron chi connectivity index (χ1n) is 8.15. The molecule has 0 aliphatic heterocycles. The van der Waals surface area contributed by atoms with Gasteiger partial charge in [0, 0.05) is 7.11 Å². The van der Waals surface area contributed by atoms with E-state index in [0.717, 1.165) is 38.0 Å². The molecule has 21 heavy (non-hydrogen) atoms. The second-order valence-electron chi connectivity index (χ2n) is 6.08. The van der Waals surface area contributed by atoms with Crippen LogP contribution in [0, 0.1) is 5.92 Å². The van der Waals surface area contributed by atoms with Crippen LogP contribution in [0.1, 0.15) is 44.6 Å². The first kappa shape index (κ1) is 16.3. The summed E-state index contributed by atoms with van der Waals surface area (Å²) in [4.78, 5) is 0. The quantitative estimate of drug-likeness (QED) is 0.835. The Labute approximate surface area is 128 Å². The van der Waals surface area contributed by atoms with Gasteiger partial charge in [0.05, 0.1) is 12.7 Å². The molecule has 118 valence electrons. The summed E-state index contributed by atoms with van der Waals surface area (Å²) < 4.78 is 11.1. The SMILES string of the molecule is CCCC1CCC(O)C(Oc2ccc(CCOC)cc2)C1. The number of aliphatic hydroxyl groups excluding tert-OH is 1. The zero-order valence-corrected chi connectivity index (χ0v) is 13.3. The lowest BCUT2D eigenvalue weighted by Crippen LogP contribution is -2.38. The molecule has 1 fully saturated rings. The van der Waals surface area contributed by atoms with Gasteiger partial charge in [-0.1, -0.05) is 31.9 Å². The van der Waals surface area contributed by atoms with Crippen molar-refractivity contribution in [1.82, 2.24) is 0 Å². The van der Waals surface area contributed by atoms with Gasteiger partial charge in [-0.2, -0.15) is 0 Å². The average molecular weight is 292 g/mol. The van der Waals surface area contributed by atoms with E-state index in [4.69, 9.17) is 9.47 Å². The Morgan fingerprint density at radius 3 is 2.62 bits per heavy atom. The minimum Gasteiger partial charge on any atom is -0.488 e. The van der Waals surface area contributed by atoms with Crippen molar-refractivity contribution < 1.29 is 14.6 Å². The van der Waals surface area contributed by atoms with Crippen LogP contribution in [-0.4, -0.2) is 31.0 Å². The minimum absolute atomic E-state index is 0.0554. The molecule has 0 aromatic heterocycles. The monoisotopic (exact) mass is 292 g/mol. The van der Waals surface area contributed by atoms with Crippen molar-refractivity contribution in [2.45, 2.75) is 57.7 Å². The first-order valence-corrected chi connectivity index (χ1v) is 8.15. The molecular weight excluding hydrogens is 264 g/mol. The standard InChI is InChI=1S/C18H28O3/c1-3-4-15-7-10-17(19)18(13-15)21-16-8-5-14(6-9-16)11-12-20-2/h5-6,8-9,15,17-19H,3-4,7,10-13H2,1-2H3. The number of rotatable bonds is 7. The summed E-state index contributed by atoms with van der Waals surface area (Å²) in [5, 5.41) is 10.1. The van der Waals surface area contributed by atoms with Crippen LogP contribution in [0.25, 0.3) is 0 Å². The number of benzene rings is 1. The highest BCUT2D eigenvalue weighted by molar-refractivity contribution is 5.27. The van der Waals surface area contributed by atoms with Gasteiger partial charge < -0.3 is 14.6 Å². The lowest BCUT2D eigenvalue weighted by molar-refractivity contribution is -0.0117. The molecule has 2 rings (SSSR count). The van der Waals surface area contributed by atoms with E-state index >= 15 is 0 Å². The fourth-order valence-corrected chi connectivity index (χ4v) is 3.12. The van der Waals surface area contributed by atoms with Gasteiger partial charge >= 0.3 is 0 Å². The minimum atomic E-state index is -0.328. The highest BCUT2D eigenvalue weighted by atomic mass is 16.5. The normalized spacial score (nSPS) is 25.8. The summed E-state index contributed by atoms with van der Waals surface area (Å²) in [5.41, 5.74) is 1.25. The molecule has 0 spiro atoms. The Balaban J connectivity index is 1.89. The Morgan fingerprint density at radius 1 is 1.19 bits per heavy atom. The lowest BCUT2D eigenvalue weighted by atomic mass is 9.83. The predicted molar refractivity (Wildman–Crippen MR) is 84.7 cm³/mol. The third-order valence-corrected chi connectivity index (χ3v) is 4.37. The van der Waals surface area contributed by atoms with Crippen molar-refractivity contribution in [1.29, 1.82) is 0 Å². The molecule has 0 amide bonds. The molecule has 3 unspecified atom stereocenters. The zero-order valence-electron chi connectivity index (χ0n) is 13.3. The van der Waals surface area contributed by atoms with Crippen LogP contribution in [0.3, 0.4) is 0 Å². The molecule has 1 aliphatic rings. The maximum atomic E-state index is 10.1. The lowest BCUT2D eigenvalue weighted by Gasteiger charge is -2.33. The Hall–Kier alpha value is -1.06. The Morgan fingerprint density at radius 2 is 1.95 bits per heavy atom. The second-order valence-corrected chi connectivity index (χ2v) is 6.08. The van der Waals surface area contributed by atoms with E-state index in [-0.39, 0.29) is 12.2 Å². The molecule has 0 bridgehead atoms. The van der Waals surface area contributed by atoms with Crippen molar-refractivity contribution in [3.63, 3.8) is 0 Å². The van der Waals surface area contributed by atoms with Crippen LogP contribution in [-0.2, 0) is 11.2 Å². The van der Waals surface area contributed by atoms with Gasteiger partial charge in [-0.3, -0.25) is 0 Å². The summed E-state index contributed by atoms with van der Waals surface area (Å²) in [6.07, 6.45) is 5.95. The predicted octanol–water partition coefficient (Wildman–Crippen LogP) is 3.58. The van der Waals surface area contributed by atoms with Crippen molar-refractivity contribution >= 4 is 0 Å². The van der Waals surface area contributed by atoms with E-state index in [1.807, 2.05) is 12.1 Å². The Kier molecular flexibility index (Phi) is 6.52. The summed E-state index contributed by atoms with van der Waals surface area (Å²) in [6, 6.07) is 8.16. The number of methoxy groups -OCH3 is 1. The fraction of sp³-hybridized carbons (Fsp3) is 0.667. The summed E-state index contributed by atoms with van der Waals surface area (Å²) >= 11 is 0. The zero-order chi connectivity index (χ0) is 15.1. The van der Waals surface area contributed by atoms with Gasteiger partial charge in [0.2, 0.25) is 0 Å². The van der Waals surface area contributed by atoms with Crippen molar-refractivity contribution in [3.05, 3.63) is 29.8 Å². The second kappa shape index (κ2) is 8.40. The molecule has 1 aromatic rings. The van der Waals surface area contributed by atoms with Gasteiger partial charge in [0.1, 0.15) is 11.9 Å². The molecule has 3 heteroatoms. The molecule has 3 nitrogen and oxygen atoms in total. The van der Waals surface area contributed by atoms with Crippen LogP contribution in [0.2, 0.25) is 0 Å². The van der Waals surface area contributed by atoms with Crippen molar-refractivity contribution in [2.24, 2.45) is 5.92 Å². The van der Waals surface area contributed by atoms with Gasteiger partial charge in [-0.25, -0.2) is 0 Å². The van der Waals surface area contributed by atoms with Crippen LogP contribution in [0.4, 0.5) is 0 Å². The van der Waals surface area contributed by atoms with E-state index < -0.39 is 0 Å². The first-order chi connectivity index (χ1) is 10.2. The molecular formula is C18H28O3. The molecule has 1 N–H and O–H groups in total. The molecule has 1 aromatic carbocycles. The van der Waals surface area contributed by atoms with Gasteiger partial charge in [-0.05, 0) is 49.3 Å². The van der Waals surface area contributed by atoms with Crippen LogP contribution in [0.15, 0.2) is 24.3 Å². The average Bonchev–Trinajstić information content (AvgIpc) is 2.50. The van der Waals surface area contributed by atoms with E-state index in [1.54, 1.807) is 7.11 Å². The topological polar surface area (TPSA) is 38.7 Å². The fourth-order valence-electron chi connectivity index (χ4n) is 3.12. The number of ether oxygens (including phenoxy) is 2. The highest BCUT2D eigenvalue weighted by Gasteiger charge is 2.30. The van der Waals surface area contributed by atoms with Gasteiger partial charge in [-0.15, -0.1) is 0 Å². The maximum Gasteiger partial charge on any atom is 0.125 e. The van der Waals surface area contributed by atoms with E-state index in [2.05, 4.69) is 19.1 Å². The van der Waals surface area contributed by atoms with Crippen LogP contribution < -0.4 is 4.74 Å². The third kappa shape index (κ3) is 5.01. The molecule has 0 radical (unpaired) electrons. The Bertz CT molecular complexity index is 401. The van der Waals surface area contributed by atoms with E-state index in [9.17, 15) is 5.11 Å². The van der Waals surface area contributed by atoms with Crippen molar-refractivity contribution in [2.75, 3.05) is 13.7 Å². The summed E-state index contributed by atoms with van der Waals surface area (Å²) in [5.74, 6) is 1.56. The van der Waals surface area contributed by atoms with Crippen LogP contribution >= 0.6 is 0 Å². The molecule has 3 atom stereocenters. The van der Waals surface area contributed by atoms with Gasteiger partial charge in [0.15, 0.2) is 0 Å². The molecule has 0 heterocycles. The van der Waals surface area contributed by atoms with Gasteiger partial charge in [0.25, 0.3) is 0 Å². The largest absolute Gasteiger partial charge is 0.488 e. The summed E-state index contributed by atoms with van der Waals surface area (Å²) in [6.45, 7) is 2.96. The van der Waals surface area contributed by atoms with Crippen LogP contribution in [0.5, 0.6) is 5.75 Å².